The lowest BCUT2D eigenvalue weighted by Crippen LogP contribution is -2.38. The SMILES string of the molecule is COc1ccc(C(c2nnnn2CCc2ccccc2)N2CCC(C)CC2)cc1OC. The Morgan fingerprint density at radius 2 is 1.74 bits per heavy atom. The average molecular weight is 422 g/mol. The fourth-order valence-corrected chi connectivity index (χ4v) is 4.28. The number of ether oxygens (including phenoxy) is 2. The number of hydrogen-bond donors (Lipinski definition) is 0. The van der Waals surface area contributed by atoms with Gasteiger partial charge in [-0.15, -0.1) is 5.10 Å². The minimum Gasteiger partial charge on any atom is -0.493 e. The van der Waals surface area contributed by atoms with Gasteiger partial charge >= 0.3 is 0 Å². The summed E-state index contributed by atoms with van der Waals surface area (Å²) in [6.07, 6.45) is 3.24. The number of aryl methyl sites for hydroxylation is 2. The van der Waals surface area contributed by atoms with Crippen LogP contribution in [0.15, 0.2) is 48.5 Å². The van der Waals surface area contributed by atoms with E-state index in [1.807, 2.05) is 16.8 Å². The van der Waals surface area contributed by atoms with E-state index < -0.39 is 0 Å². The quantitative estimate of drug-likeness (QED) is 0.552. The molecule has 0 radical (unpaired) electrons. The van der Waals surface area contributed by atoms with E-state index >= 15 is 0 Å². The van der Waals surface area contributed by atoms with E-state index in [0.717, 1.165) is 54.9 Å². The normalized spacial score (nSPS) is 16.2. The first-order valence-corrected chi connectivity index (χ1v) is 11.0. The molecule has 4 rings (SSSR count). The van der Waals surface area contributed by atoms with Gasteiger partial charge < -0.3 is 9.47 Å². The summed E-state index contributed by atoms with van der Waals surface area (Å²) in [5.41, 5.74) is 2.39. The second kappa shape index (κ2) is 9.92. The van der Waals surface area contributed by atoms with Crippen LogP contribution in [0.1, 0.15) is 42.8 Å². The Kier molecular flexibility index (Phi) is 6.82. The molecule has 2 aromatic carbocycles. The summed E-state index contributed by atoms with van der Waals surface area (Å²) in [6.45, 7) is 5.10. The zero-order valence-corrected chi connectivity index (χ0v) is 18.6. The molecule has 1 aliphatic heterocycles. The molecule has 31 heavy (non-hydrogen) atoms. The second-order valence-electron chi connectivity index (χ2n) is 8.23. The lowest BCUT2D eigenvalue weighted by molar-refractivity contribution is 0.149. The van der Waals surface area contributed by atoms with Crippen molar-refractivity contribution in [3.63, 3.8) is 0 Å². The maximum absolute atomic E-state index is 5.58. The van der Waals surface area contributed by atoms with E-state index in [1.54, 1.807) is 14.2 Å². The van der Waals surface area contributed by atoms with Crippen molar-refractivity contribution in [1.29, 1.82) is 0 Å². The predicted octanol–water partition coefficient (Wildman–Crippen LogP) is 3.75. The summed E-state index contributed by atoms with van der Waals surface area (Å²) in [4.78, 5) is 2.49. The molecule has 0 N–H and O–H groups in total. The van der Waals surface area contributed by atoms with Gasteiger partial charge in [-0.05, 0) is 72.0 Å². The molecule has 1 fully saturated rings. The highest BCUT2D eigenvalue weighted by atomic mass is 16.5. The number of aromatic nitrogens is 4. The van der Waals surface area contributed by atoms with Crippen molar-refractivity contribution in [2.45, 2.75) is 38.8 Å². The van der Waals surface area contributed by atoms with Gasteiger partial charge in [-0.25, -0.2) is 4.68 Å². The van der Waals surface area contributed by atoms with Crippen LogP contribution in [0, 0.1) is 5.92 Å². The lowest BCUT2D eigenvalue weighted by Gasteiger charge is -2.36. The zero-order chi connectivity index (χ0) is 21.6. The number of piperidine rings is 1. The Hall–Kier alpha value is -2.93. The molecule has 3 aromatic rings. The summed E-state index contributed by atoms with van der Waals surface area (Å²) in [6, 6.07) is 16.5. The van der Waals surface area contributed by atoms with Crippen LogP contribution in [0.2, 0.25) is 0 Å². The van der Waals surface area contributed by atoms with Crippen molar-refractivity contribution >= 4 is 0 Å². The van der Waals surface area contributed by atoms with Gasteiger partial charge in [0, 0.05) is 6.54 Å². The second-order valence-corrected chi connectivity index (χ2v) is 8.23. The van der Waals surface area contributed by atoms with E-state index in [2.05, 4.69) is 63.7 Å². The van der Waals surface area contributed by atoms with Crippen molar-refractivity contribution < 1.29 is 9.47 Å². The number of hydrogen-bond acceptors (Lipinski definition) is 6. The van der Waals surface area contributed by atoms with Crippen molar-refractivity contribution in [2.75, 3.05) is 27.3 Å². The number of likely N-dealkylation sites (tertiary alicyclic amines) is 1. The van der Waals surface area contributed by atoms with Crippen molar-refractivity contribution in [2.24, 2.45) is 5.92 Å². The van der Waals surface area contributed by atoms with Crippen molar-refractivity contribution in [3.05, 3.63) is 65.5 Å². The Balaban J connectivity index is 1.66. The van der Waals surface area contributed by atoms with Gasteiger partial charge in [0.25, 0.3) is 0 Å². The van der Waals surface area contributed by atoms with E-state index in [-0.39, 0.29) is 6.04 Å². The first kappa shape index (κ1) is 21.3. The molecule has 7 nitrogen and oxygen atoms in total. The highest BCUT2D eigenvalue weighted by molar-refractivity contribution is 5.45. The minimum atomic E-state index is -0.0296. The number of tetrazole rings is 1. The highest BCUT2D eigenvalue weighted by Gasteiger charge is 2.31. The Bertz CT molecular complexity index is 967. The van der Waals surface area contributed by atoms with Gasteiger partial charge in [0.15, 0.2) is 17.3 Å². The number of rotatable bonds is 8. The molecule has 1 aromatic heterocycles. The summed E-state index contributed by atoms with van der Waals surface area (Å²) < 4.78 is 13.0. The number of benzene rings is 2. The van der Waals surface area contributed by atoms with Gasteiger partial charge in [-0.1, -0.05) is 43.3 Å². The molecule has 0 spiro atoms. The molecule has 0 amide bonds. The minimum absolute atomic E-state index is 0.0296. The third kappa shape index (κ3) is 4.88. The molecule has 0 bridgehead atoms. The molecule has 1 saturated heterocycles. The van der Waals surface area contributed by atoms with Gasteiger partial charge in [0.2, 0.25) is 0 Å². The third-order valence-electron chi connectivity index (χ3n) is 6.17. The fourth-order valence-electron chi connectivity index (χ4n) is 4.28. The molecule has 0 aliphatic carbocycles. The molecule has 2 heterocycles. The molecular weight excluding hydrogens is 390 g/mol. The van der Waals surface area contributed by atoms with Crippen LogP contribution >= 0.6 is 0 Å². The first-order valence-electron chi connectivity index (χ1n) is 11.0. The van der Waals surface area contributed by atoms with Crippen LogP contribution in [-0.2, 0) is 13.0 Å². The van der Waals surface area contributed by atoms with E-state index in [9.17, 15) is 0 Å². The highest BCUT2D eigenvalue weighted by Crippen LogP contribution is 2.36. The molecule has 1 unspecified atom stereocenters. The lowest BCUT2D eigenvalue weighted by atomic mass is 9.95. The van der Waals surface area contributed by atoms with E-state index in [1.165, 1.54) is 18.4 Å². The smallest absolute Gasteiger partial charge is 0.173 e. The van der Waals surface area contributed by atoms with Gasteiger partial charge in [0.05, 0.1) is 20.3 Å². The Labute approximate surface area is 184 Å². The first-order chi connectivity index (χ1) is 15.2. The monoisotopic (exact) mass is 421 g/mol. The maximum Gasteiger partial charge on any atom is 0.173 e. The van der Waals surface area contributed by atoms with Crippen LogP contribution in [0.25, 0.3) is 0 Å². The molecule has 0 saturated carbocycles. The van der Waals surface area contributed by atoms with Crippen molar-refractivity contribution in [3.8, 4) is 11.5 Å². The predicted molar refractivity (Wildman–Crippen MR) is 119 cm³/mol. The van der Waals surface area contributed by atoms with Crippen molar-refractivity contribution in [1.82, 2.24) is 25.1 Å². The fraction of sp³-hybridized carbons (Fsp3) is 0.458. The summed E-state index contributed by atoms with van der Waals surface area (Å²) >= 11 is 0. The van der Waals surface area contributed by atoms with Crippen LogP contribution in [0.4, 0.5) is 0 Å². The summed E-state index contributed by atoms with van der Waals surface area (Å²) in [7, 11) is 3.33. The Morgan fingerprint density at radius 3 is 2.45 bits per heavy atom. The van der Waals surface area contributed by atoms with Gasteiger partial charge in [-0.3, -0.25) is 4.90 Å². The van der Waals surface area contributed by atoms with Gasteiger partial charge in [0.1, 0.15) is 0 Å². The molecule has 164 valence electrons. The topological polar surface area (TPSA) is 65.3 Å². The number of methoxy groups -OCH3 is 2. The van der Waals surface area contributed by atoms with Crippen LogP contribution in [0.3, 0.4) is 0 Å². The molecular formula is C24H31N5O2. The molecule has 7 heteroatoms. The average Bonchev–Trinajstić information content (AvgIpc) is 3.27. The summed E-state index contributed by atoms with van der Waals surface area (Å²) in [5.74, 6) is 3.06. The largest absolute Gasteiger partial charge is 0.493 e. The summed E-state index contributed by atoms with van der Waals surface area (Å²) in [5, 5.41) is 12.9. The van der Waals surface area contributed by atoms with Gasteiger partial charge in [-0.2, -0.15) is 0 Å². The maximum atomic E-state index is 5.58. The van der Waals surface area contributed by atoms with Crippen LogP contribution < -0.4 is 9.47 Å². The van der Waals surface area contributed by atoms with E-state index in [0.29, 0.717) is 0 Å². The number of nitrogens with zero attached hydrogens (tertiary/aromatic N) is 5. The van der Waals surface area contributed by atoms with E-state index in [4.69, 9.17) is 9.47 Å². The molecule has 1 atom stereocenters. The zero-order valence-electron chi connectivity index (χ0n) is 18.6. The van der Waals surface area contributed by atoms with Crippen LogP contribution in [0.5, 0.6) is 11.5 Å². The standard InChI is InChI=1S/C24H31N5O2/c1-18-11-14-28(15-12-18)23(20-9-10-21(30-2)22(17-20)31-3)24-25-26-27-29(24)16-13-19-7-5-4-6-8-19/h4-10,17-18,23H,11-16H2,1-3H3. The molecule has 1 aliphatic rings. The Morgan fingerprint density at radius 1 is 1.00 bits per heavy atom. The third-order valence-corrected chi connectivity index (χ3v) is 6.17. The van der Waals surface area contributed by atoms with Crippen LogP contribution in [-0.4, -0.2) is 52.4 Å².